The maximum Gasteiger partial charge on any atom is 0.335 e. The van der Waals surface area contributed by atoms with Crippen molar-refractivity contribution in [2.24, 2.45) is 0 Å². The number of unbranched alkanes of at least 4 members (excludes halogenated alkanes) is 1. The van der Waals surface area contributed by atoms with E-state index >= 15 is 0 Å². The van der Waals surface area contributed by atoms with Gasteiger partial charge in [0.15, 0.2) is 12.2 Å². The van der Waals surface area contributed by atoms with Gasteiger partial charge in [-0.25, -0.2) is 9.59 Å². The van der Waals surface area contributed by atoms with Crippen LogP contribution in [0.4, 0.5) is 0 Å². The van der Waals surface area contributed by atoms with E-state index in [4.69, 9.17) is 40.3 Å². The lowest BCUT2D eigenvalue weighted by Gasteiger charge is -2.19. The van der Waals surface area contributed by atoms with Gasteiger partial charge in [-0.05, 0) is 6.42 Å². The molecule has 11 heteroatoms. The zero-order valence-electron chi connectivity index (χ0n) is 12.9. The molecular weight excluding hydrogens is 318 g/mol. The Morgan fingerprint density at radius 1 is 0.957 bits per heavy atom. The molecule has 0 aliphatic rings. The average Bonchev–Trinajstić information content (AvgIpc) is 2.53. The van der Waals surface area contributed by atoms with Crippen molar-refractivity contribution in [1.29, 1.82) is 0 Å². The number of aliphatic carboxylic acids is 2. The summed E-state index contributed by atoms with van der Waals surface area (Å²) < 4.78 is 0. The van der Waals surface area contributed by atoms with Gasteiger partial charge >= 0.3 is 11.9 Å². The Labute approximate surface area is 133 Å². The summed E-state index contributed by atoms with van der Waals surface area (Å²) in [7, 11) is 0. The smallest absolute Gasteiger partial charge is 0.335 e. The van der Waals surface area contributed by atoms with Gasteiger partial charge in [0.2, 0.25) is 0 Å². The molecule has 0 radical (unpaired) electrons. The van der Waals surface area contributed by atoms with Crippen molar-refractivity contribution < 1.29 is 49.9 Å². The molecule has 0 aromatic heterocycles. The van der Waals surface area contributed by atoms with Crippen molar-refractivity contribution in [2.75, 3.05) is 33.0 Å². The molecule has 2 unspecified atom stereocenters. The zero-order chi connectivity index (χ0) is 18.3. The van der Waals surface area contributed by atoms with Crippen molar-refractivity contribution >= 4 is 11.9 Å². The van der Waals surface area contributed by atoms with Crippen molar-refractivity contribution in [3.8, 4) is 0 Å². The molecule has 11 nitrogen and oxygen atoms in total. The van der Waals surface area contributed by atoms with E-state index in [-0.39, 0.29) is 26.4 Å². The van der Waals surface area contributed by atoms with Gasteiger partial charge in [-0.1, -0.05) is 18.6 Å². The summed E-state index contributed by atoms with van der Waals surface area (Å²) >= 11 is 0. The highest BCUT2D eigenvalue weighted by Crippen LogP contribution is 1.97. The summed E-state index contributed by atoms with van der Waals surface area (Å²) in [6.45, 7) is 3.08. The number of carboxylic acids is 2. The van der Waals surface area contributed by atoms with Crippen LogP contribution in [0.3, 0.4) is 0 Å². The molecule has 0 aromatic rings. The van der Waals surface area contributed by atoms with E-state index in [2.05, 4.69) is 6.92 Å². The second-order valence-electron chi connectivity index (χ2n) is 4.09. The normalized spacial score (nSPS) is 13.1. The summed E-state index contributed by atoms with van der Waals surface area (Å²) in [5, 5.41) is 50.9. The molecule has 0 bridgehead atoms. The van der Waals surface area contributed by atoms with Gasteiger partial charge in [-0.15, -0.1) is 0 Å². The number of carboxylic acid groups (broad SMARTS) is 2. The topological polar surface area (TPSA) is 177 Å². The van der Waals surface area contributed by atoms with Gasteiger partial charge in [0, 0.05) is 0 Å². The molecule has 2 atom stereocenters. The fraction of sp³-hybridized carbons (Fsp3) is 0.833. The van der Waals surface area contributed by atoms with Crippen LogP contribution in [0.25, 0.3) is 0 Å². The minimum atomic E-state index is -2.27. The Hall–Kier alpha value is -1.34. The van der Waals surface area contributed by atoms with Gasteiger partial charge in [0.25, 0.3) is 0 Å². The van der Waals surface area contributed by atoms with Gasteiger partial charge in [0.1, 0.15) is 0 Å². The zero-order valence-corrected chi connectivity index (χ0v) is 12.9. The first-order chi connectivity index (χ1) is 10.8. The quantitative estimate of drug-likeness (QED) is 0.212. The molecule has 0 fully saturated rings. The second kappa shape index (κ2) is 15.6. The number of aliphatic hydroxyl groups is 4. The van der Waals surface area contributed by atoms with Gasteiger partial charge in [-0.2, -0.15) is 0 Å². The third-order valence-electron chi connectivity index (χ3n) is 2.15. The van der Waals surface area contributed by atoms with Crippen molar-refractivity contribution in [2.45, 2.75) is 32.0 Å². The van der Waals surface area contributed by atoms with E-state index in [1.165, 1.54) is 5.23 Å². The first kappa shape index (κ1) is 23.9. The molecule has 138 valence electrons. The Bertz CT molecular complexity index is 277. The lowest BCUT2D eigenvalue weighted by molar-refractivity contribution is -0.371. The van der Waals surface area contributed by atoms with E-state index < -0.39 is 24.1 Å². The third-order valence-corrected chi connectivity index (χ3v) is 2.15. The van der Waals surface area contributed by atoms with E-state index in [0.717, 1.165) is 12.8 Å². The van der Waals surface area contributed by atoms with Gasteiger partial charge in [-0.3, -0.25) is 9.68 Å². The van der Waals surface area contributed by atoms with E-state index in [9.17, 15) is 9.59 Å². The maximum absolute atomic E-state index is 9.77. The summed E-state index contributed by atoms with van der Waals surface area (Å²) in [5.74, 6) is -3.54. The predicted octanol–water partition coefficient (Wildman–Crippen LogP) is -2.19. The average molecular weight is 343 g/mol. The van der Waals surface area contributed by atoms with E-state index in [1.807, 2.05) is 0 Å². The molecular formula is C12H25NO10. The number of nitrogens with zero attached hydrogens (tertiary/aromatic N) is 1. The van der Waals surface area contributed by atoms with Crippen LogP contribution in [0, 0.1) is 0 Å². The van der Waals surface area contributed by atoms with Crippen LogP contribution in [-0.2, 0) is 19.3 Å². The molecule has 0 rings (SSSR count). The SMILES string of the molecule is CCCCN(OCCO)OCCO.O=C(O)C(O)C(O)C(=O)O. The second-order valence-corrected chi connectivity index (χ2v) is 4.09. The lowest BCUT2D eigenvalue weighted by Crippen LogP contribution is -2.39. The lowest BCUT2D eigenvalue weighted by atomic mass is 10.2. The summed E-state index contributed by atoms with van der Waals surface area (Å²) in [6.07, 6.45) is -2.53. The number of hydrogen-bond donors (Lipinski definition) is 6. The monoisotopic (exact) mass is 343 g/mol. The number of hydroxylamine groups is 2. The fourth-order valence-electron chi connectivity index (χ4n) is 1.01. The van der Waals surface area contributed by atoms with E-state index in [0.29, 0.717) is 6.54 Å². The highest BCUT2D eigenvalue weighted by molar-refractivity contribution is 5.83. The van der Waals surface area contributed by atoms with Crippen LogP contribution in [-0.4, -0.2) is 93.0 Å². The first-order valence-corrected chi connectivity index (χ1v) is 6.88. The summed E-state index contributed by atoms with van der Waals surface area (Å²) in [4.78, 5) is 29.6. The molecule has 0 heterocycles. The summed E-state index contributed by atoms with van der Waals surface area (Å²) in [6, 6.07) is 0. The Balaban J connectivity index is 0. The van der Waals surface area contributed by atoms with Gasteiger partial charge in [0.05, 0.1) is 33.0 Å². The minimum absolute atomic E-state index is 0.0366. The van der Waals surface area contributed by atoms with Crippen LogP contribution in [0.1, 0.15) is 19.8 Å². The van der Waals surface area contributed by atoms with Crippen molar-refractivity contribution in [3.63, 3.8) is 0 Å². The molecule has 0 aliphatic heterocycles. The van der Waals surface area contributed by atoms with Crippen LogP contribution in [0.2, 0.25) is 0 Å². The third kappa shape index (κ3) is 14.0. The largest absolute Gasteiger partial charge is 0.479 e. The number of rotatable bonds is 12. The van der Waals surface area contributed by atoms with Crippen LogP contribution >= 0.6 is 0 Å². The highest BCUT2D eigenvalue weighted by atomic mass is 16.9. The predicted molar refractivity (Wildman–Crippen MR) is 75.0 cm³/mol. The molecule has 0 spiro atoms. The maximum atomic E-state index is 9.77. The molecule has 0 amide bonds. The highest BCUT2D eigenvalue weighted by Gasteiger charge is 2.29. The van der Waals surface area contributed by atoms with Crippen LogP contribution < -0.4 is 0 Å². The molecule has 0 saturated heterocycles. The Morgan fingerprint density at radius 3 is 1.61 bits per heavy atom. The molecule has 23 heavy (non-hydrogen) atoms. The number of carbonyl (C=O) groups is 2. The van der Waals surface area contributed by atoms with E-state index in [1.54, 1.807) is 0 Å². The first-order valence-electron chi connectivity index (χ1n) is 6.88. The summed E-state index contributed by atoms with van der Waals surface area (Å²) in [5.41, 5.74) is 0. The number of aliphatic hydroxyl groups excluding tert-OH is 4. The van der Waals surface area contributed by atoms with Crippen molar-refractivity contribution in [1.82, 2.24) is 5.23 Å². The van der Waals surface area contributed by atoms with Crippen molar-refractivity contribution in [3.05, 3.63) is 0 Å². The van der Waals surface area contributed by atoms with Gasteiger partial charge < -0.3 is 30.6 Å². The minimum Gasteiger partial charge on any atom is -0.479 e. The Kier molecular flexibility index (Phi) is 16.2. The van der Waals surface area contributed by atoms with Crippen LogP contribution in [0.15, 0.2) is 0 Å². The Morgan fingerprint density at radius 2 is 1.35 bits per heavy atom. The molecule has 0 aliphatic carbocycles. The molecule has 0 saturated carbocycles. The molecule has 0 aromatic carbocycles. The van der Waals surface area contributed by atoms with Crippen LogP contribution in [0.5, 0.6) is 0 Å². The number of hydrogen-bond acceptors (Lipinski definition) is 9. The molecule has 6 N–H and O–H groups in total. The standard InChI is InChI=1S/C8H19NO4.C4H6O6/c1-2-3-4-9(12-7-5-10)13-8-6-11;5-1(3(7)8)2(6)4(9)10/h10-11H,2-8H2,1H3;1-2,5-6H,(H,7,8)(H,9,10). The fourth-order valence-corrected chi connectivity index (χ4v) is 1.01.